The number of carboxylic acids is 1. The number of hydrogen-bond acceptors (Lipinski definition) is 4. The number of rotatable bonds is 5. The Hall–Kier alpha value is -2.08. The van der Waals surface area contributed by atoms with Crippen LogP contribution in [0.5, 0.6) is 0 Å². The van der Waals surface area contributed by atoms with E-state index in [9.17, 15) is 14.9 Å². The van der Waals surface area contributed by atoms with E-state index < -0.39 is 10.9 Å². The molecule has 7 heteroatoms. The molecule has 0 saturated heterocycles. The monoisotopic (exact) mass is 256 g/mol. The maximum absolute atomic E-state index is 11.0. The van der Waals surface area contributed by atoms with Gasteiger partial charge in [-0.2, -0.15) is 0 Å². The second-order valence-electron chi connectivity index (χ2n) is 3.08. The van der Waals surface area contributed by atoms with Crippen LogP contribution in [0.1, 0.15) is 10.4 Å². The van der Waals surface area contributed by atoms with E-state index in [0.29, 0.717) is 6.54 Å². The fourth-order valence-corrected chi connectivity index (χ4v) is 1.50. The van der Waals surface area contributed by atoms with Gasteiger partial charge < -0.3 is 10.4 Å². The van der Waals surface area contributed by atoms with Gasteiger partial charge >= 0.3 is 5.97 Å². The minimum atomic E-state index is -1.29. The second kappa shape index (κ2) is 5.31. The van der Waals surface area contributed by atoms with Crippen LogP contribution >= 0.6 is 11.6 Å². The van der Waals surface area contributed by atoms with Gasteiger partial charge in [0, 0.05) is 18.7 Å². The van der Waals surface area contributed by atoms with E-state index in [0.717, 1.165) is 12.1 Å². The average Bonchev–Trinajstić information content (AvgIpc) is 2.26. The number of anilines is 1. The number of aromatic carboxylic acids is 1. The van der Waals surface area contributed by atoms with Crippen LogP contribution in [0.3, 0.4) is 0 Å². The lowest BCUT2D eigenvalue weighted by atomic mass is 10.1. The standard InChI is InChI=1S/C10H9ClN2O4/c1-2-3-12-9-7(10(14)15)4-6(13(16)17)5-8(9)11/h2,4-5,12H,1,3H2,(H,14,15). The number of non-ortho nitro benzene ring substituents is 1. The number of nitro groups is 1. The Labute approximate surface area is 102 Å². The van der Waals surface area contributed by atoms with Crippen LogP contribution in [-0.4, -0.2) is 22.5 Å². The van der Waals surface area contributed by atoms with Crippen molar-refractivity contribution in [3.8, 4) is 0 Å². The van der Waals surface area contributed by atoms with Crippen LogP contribution in [-0.2, 0) is 0 Å². The highest BCUT2D eigenvalue weighted by Gasteiger charge is 2.19. The molecule has 0 aliphatic carbocycles. The molecule has 1 aromatic carbocycles. The van der Waals surface area contributed by atoms with E-state index in [2.05, 4.69) is 11.9 Å². The minimum absolute atomic E-state index is 0.0153. The molecule has 0 amide bonds. The Morgan fingerprint density at radius 3 is 2.76 bits per heavy atom. The molecular formula is C10H9ClN2O4. The predicted molar refractivity (Wildman–Crippen MR) is 63.8 cm³/mol. The lowest BCUT2D eigenvalue weighted by Crippen LogP contribution is -2.07. The van der Waals surface area contributed by atoms with Crippen molar-refractivity contribution in [2.24, 2.45) is 0 Å². The Morgan fingerprint density at radius 2 is 2.29 bits per heavy atom. The van der Waals surface area contributed by atoms with E-state index >= 15 is 0 Å². The Bertz CT molecular complexity index is 487. The SMILES string of the molecule is C=CCNc1c(Cl)cc([N+](=O)[O-])cc1C(=O)O. The van der Waals surface area contributed by atoms with Crippen molar-refractivity contribution in [1.82, 2.24) is 0 Å². The third kappa shape index (κ3) is 2.94. The van der Waals surface area contributed by atoms with Crippen LogP contribution in [0.4, 0.5) is 11.4 Å². The van der Waals surface area contributed by atoms with Gasteiger partial charge in [0.15, 0.2) is 0 Å². The van der Waals surface area contributed by atoms with Gasteiger partial charge in [-0.15, -0.1) is 6.58 Å². The zero-order chi connectivity index (χ0) is 13.0. The molecule has 90 valence electrons. The van der Waals surface area contributed by atoms with Gasteiger partial charge in [0.25, 0.3) is 5.69 Å². The van der Waals surface area contributed by atoms with Crippen LogP contribution < -0.4 is 5.32 Å². The van der Waals surface area contributed by atoms with Crippen molar-refractivity contribution in [1.29, 1.82) is 0 Å². The van der Waals surface area contributed by atoms with E-state index in [1.165, 1.54) is 6.08 Å². The molecule has 17 heavy (non-hydrogen) atoms. The normalized spacial score (nSPS) is 9.71. The summed E-state index contributed by atoms with van der Waals surface area (Å²) in [5, 5.41) is 22.2. The molecule has 0 atom stereocenters. The third-order valence-corrected chi connectivity index (χ3v) is 2.24. The molecule has 0 unspecified atom stereocenters. The summed E-state index contributed by atoms with van der Waals surface area (Å²) in [6, 6.07) is 2.05. The van der Waals surface area contributed by atoms with Crippen LogP contribution in [0.2, 0.25) is 5.02 Å². The molecule has 0 radical (unpaired) electrons. The smallest absolute Gasteiger partial charge is 0.338 e. The fourth-order valence-electron chi connectivity index (χ4n) is 1.22. The topological polar surface area (TPSA) is 92.5 Å². The van der Waals surface area contributed by atoms with Crippen molar-refractivity contribution in [3.05, 3.63) is 45.5 Å². The van der Waals surface area contributed by atoms with Crippen LogP contribution in [0, 0.1) is 10.1 Å². The molecular weight excluding hydrogens is 248 g/mol. The fraction of sp³-hybridized carbons (Fsp3) is 0.100. The third-order valence-electron chi connectivity index (χ3n) is 1.94. The zero-order valence-electron chi connectivity index (χ0n) is 8.64. The quantitative estimate of drug-likeness (QED) is 0.480. The van der Waals surface area contributed by atoms with Crippen molar-refractivity contribution in [2.45, 2.75) is 0 Å². The lowest BCUT2D eigenvalue weighted by molar-refractivity contribution is -0.384. The number of benzene rings is 1. The summed E-state index contributed by atoms with van der Waals surface area (Å²) in [6.45, 7) is 3.77. The Morgan fingerprint density at radius 1 is 1.65 bits per heavy atom. The number of carboxylic acid groups (broad SMARTS) is 1. The van der Waals surface area contributed by atoms with E-state index in [1.807, 2.05) is 0 Å². The van der Waals surface area contributed by atoms with Crippen molar-refractivity contribution in [2.75, 3.05) is 11.9 Å². The highest BCUT2D eigenvalue weighted by Crippen LogP contribution is 2.31. The number of nitro benzene ring substituents is 1. The molecule has 0 spiro atoms. The van der Waals surface area contributed by atoms with E-state index in [-0.39, 0.29) is 22.0 Å². The number of nitrogens with zero attached hydrogens (tertiary/aromatic N) is 1. The van der Waals surface area contributed by atoms with Crippen molar-refractivity contribution in [3.63, 3.8) is 0 Å². The van der Waals surface area contributed by atoms with Gasteiger partial charge in [-0.1, -0.05) is 17.7 Å². The first-order chi connectivity index (χ1) is 7.97. The van der Waals surface area contributed by atoms with Gasteiger partial charge in [0.1, 0.15) is 0 Å². The Kier molecular flexibility index (Phi) is 4.06. The van der Waals surface area contributed by atoms with Gasteiger partial charge in [-0.05, 0) is 0 Å². The van der Waals surface area contributed by atoms with E-state index in [1.54, 1.807) is 0 Å². The molecule has 0 bridgehead atoms. The second-order valence-corrected chi connectivity index (χ2v) is 3.49. The highest BCUT2D eigenvalue weighted by atomic mass is 35.5. The summed E-state index contributed by atoms with van der Waals surface area (Å²) in [5.41, 5.74) is -0.465. The Balaban J connectivity index is 3.32. The molecule has 1 rings (SSSR count). The summed E-state index contributed by atoms with van der Waals surface area (Å²) in [4.78, 5) is 20.8. The first-order valence-electron chi connectivity index (χ1n) is 4.53. The first-order valence-corrected chi connectivity index (χ1v) is 4.91. The summed E-state index contributed by atoms with van der Waals surface area (Å²) < 4.78 is 0. The molecule has 0 heterocycles. The lowest BCUT2D eigenvalue weighted by Gasteiger charge is -2.09. The summed E-state index contributed by atoms with van der Waals surface area (Å²) in [6.07, 6.45) is 1.52. The van der Waals surface area contributed by atoms with Crippen LogP contribution in [0.15, 0.2) is 24.8 Å². The summed E-state index contributed by atoms with van der Waals surface area (Å²) in [7, 11) is 0. The minimum Gasteiger partial charge on any atom is -0.478 e. The molecule has 2 N–H and O–H groups in total. The largest absolute Gasteiger partial charge is 0.478 e. The molecule has 0 saturated carbocycles. The van der Waals surface area contributed by atoms with Gasteiger partial charge in [0.2, 0.25) is 0 Å². The maximum atomic E-state index is 11.0. The highest BCUT2D eigenvalue weighted by molar-refractivity contribution is 6.34. The molecule has 0 aliphatic heterocycles. The number of hydrogen-bond donors (Lipinski definition) is 2. The maximum Gasteiger partial charge on any atom is 0.338 e. The molecule has 1 aromatic rings. The zero-order valence-corrected chi connectivity index (χ0v) is 9.40. The van der Waals surface area contributed by atoms with Crippen molar-refractivity contribution >= 4 is 28.9 Å². The first kappa shape index (κ1) is 13.0. The van der Waals surface area contributed by atoms with Crippen LogP contribution in [0.25, 0.3) is 0 Å². The molecule has 0 aromatic heterocycles. The number of nitrogens with one attached hydrogen (secondary N) is 1. The van der Waals surface area contributed by atoms with E-state index in [4.69, 9.17) is 16.7 Å². The van der Waals surface area contributed by atoms with Gasteiger partial charge in [-0.3, -0.25) is 10.1 Å². The number of carbonyl (C=O) groups is 1. The van der Waals surface area contributed by atoms with Crippen molar-refractivity contribution < 1.29 is 14.8 Å². The predicted octanol–water partition coefficient (Wildman–Crippen LogP) is 2.54. The van der Waals surface area contributed by atoms with Gasteiger partial charge in [-0.25, -0.2) is 4.79 Å². The summed E-state index contributed by atoms with van der Waals surface area (Å²) in [5.74, 6) is -1.29. The average molecular weight is 257 g/mol. The number of halogens is 1. The molecule has 0 aliphatic rings. The molecule has 0 fully saturated rings. The summed E-state index contributed by atoms with van der Waals surface area (Å²) >= 11 is 5.79. The van der Waals surface area contributed by atoms with Gasteiger partial charge in [0.05, 0.1) is 21.2 Å². The molecule has 6 nitrogen and oxygen atoms in total.